The number of benzene rings is 1. The standard InChI is InChI=1S/C11H9ClFN3/c12-9-2-1-7(5-10(9)13)16-8-3-4-15-11(14)6-8/h1-6H,(H3,14,15,16). The Hall–Kier alpha value is -1.81. The minimum absolute atomic E-state index is 0.0970. The molecule has 0 saturated carbocycles. The lowest BCUT2D eigenvalue weighted by Gasteiger charge is -2.07. The van der Waals surface area contributed by atoms with E-state index in [1.807, 2.05) is 0 Å². The number of rotatable bonds is 2. The SMILES string of the molecule is Nc1cc(Nc2ccc(Cl)c(F)c2)ccn1. The lowest BCUT2D eigenvalue weighted by Crippen LogP contribution is -1.94. The van der Waals surface area contributed by atoms with Crippen LogP contribution in [0.5, 0.6) is 0 Å². The zero-order valence-electron chi connectivity index (χ0n) is 8.24. The summed E-state index contributed by atoms with van der Waals surface area (Å²) in [6.07, 6.45) is 1.57. The molecule has 2 rings (SSSR count). The first-order valence-corrected chi connectivity index (χ1v) is 4.96. The number of hydrogen-bond acceptors (Lipinski definition) is 3. The molecule has 16 heavy (non-hydrogen) atoms. The summed E-state index contributed by atoms with van der Waals surface area (Å²) in [6.45, 7) is 0. The van der Waals surface area contributed by atoms with Gasteiger partial charge in [0.25, 0.3) is 0 Å². The van der Waals surface area contributed by atoms with Crippen LogP contribution in [0.25, 0.3) is 0 Å². The van der Waals surface area contributed by atoms with Crippen molar-refractivity contribution in [2.45, 2.75) is 0 Å². The van der Waals surface area contributed by atoms with Crippen molar-refractivity contribution in [2.75, 3.05) is 11.1 Å². The average Bonchev–Trinajstić information content (AvgIpc) is 2.24. The molecule has 0 bridgehead atoms. The Morgan fingerprint density at radius 2 is 1.94 bits per heavy atom. The van der Waals surface area contributed by atoms with Gasteiger partial charge in [0.2, 0.25) is 0 Å². The first-order valence-electron chi connectivity index (χ1n) is 4.59. The summed E-state index contributed by atoms with van der Waals surface area (Å²) >= 11 is 5.58. The second kappa shape index (κ2) is 4.37. The van der Waals surface area contributed by atoms with Gasteiger partial charge in [-0.3, -0.25) is 0 Å². The van der Waals surface area contributed by atoms with E-state index in [4.69, 9.17) is 17.3 Å². The van der Waals surface area contributed by atoms with Crippen LogP contribution in [0, 0.1) is 5.82 Å². The first kappa shape index (κ1) is 10.7. The maximum atomic E-state index is 13.2. The van der Waals surface area contributed by atoms with E-state index in [-0.39, 0.29) is 5.02 Å². The van der Waals surface area contributed by atoms with Crippen LogP contribution in [0.1, 0.15) is 0 Å². The number of nitrogens with one attached hydrogen (secondary N) is 1. The van der Waals surface area contributed by atoms with Gasteiger partial charge in [-0.25, -0.2) is 9.37 Å². The third-order valence-electron chi connectivity index (χ3n) is 1.99. The second-order valence-corrected chi connectivity index (χ2v) is 3.63. The molecular weight excluding hydrogens is 229 g/mol. The van der Waals surface area contributed by atoms with Gasteiger partial charge in [-0.1, -0.05) is 11.6 Å². The number of nitrogens with zero attached hydrogens (tertiary/aromatic N) is 1. The number of nitrogen functional groups attached to an aromatic ring is 1. The third-order valence-corrected chi connectivity index (χ3v) is 2.30. The molecule has 3 nitrogen and oxygen atoms in total. The minimum Gasteiger partial charge on any atom is -0.384 e. The molecule has 0 radical (unpaired) electrons. The molecule has 0 amide bonds. The molecule has 5 heteroatoms. The molecule has 1 aromatic carbocycles. The molecule has 3 N–H and O–H groups in total. The van der Waals surface area contributed by atoms with Gasteiger partial charge in [0, 0.05) is 23.6 Å². The Morgan fingerprint density at radius 1 is 1.19 bits per heavy atom. The van der Waals surface area contributed by atoms with Gasteiger partial charge in [-0.15, -0.1) is 0 Å². The molecule has 0 aliphatic heterocycles. The lowest BCUT2D eigenvalue weighted by atomic mass is 10.3. The fraction of sp³-hybridized carbons (Fsp3) is 0. The molecule has 0 saturated heterocycles. The van der Waals surface area contributed by atoms with Crippen LogP contribution in [0.3, 0.4) is 0 Å². The van der Waals surface area contributed by atoms with Crippen molar-refractivity contribution in [3.63, 3.8) is 0 Å². The van der Waals surface area contributed by atoms with Crippen LogP contribution < -0.4 is 11.1 Å². The summed E-state index contributed by atoms with van der Waals surface area (Å²) in [5.41, 5.74) is 6.87. The topological polar surface area (TPSA) is 50.9 Å². The maximum absolute atomic E-state index is 13.2. The lowest BCUT2D eigenvalue weighted by molar-refractivity contribution is 0.629. The fourth-order valence-corrected chi connectivity index (χ4v) is 1.38. The number of anilines is 3. The largest absolute Gasteiger partial charge is 0.384 e. The van der Waals surface area contributed by atoms with E-state index in [1.165, 1.54) is 12.1 Å². The molecule has 0 fully saturated rings. The van der Waals surface area contributed by atoms with Crippen molar-refractivity contribution >= 4 is 28.8 Å². The summed E-state index contributed by atoms with van der Waals surface area (Å²) < 4.78 is 13.2. The van der Waals surface area contributed by atoms with E-state index in [1.54, 1.807) is 24.4 Å². The number of aromatic nitrogens is 1. The maximum Gasteiger partial charge on any atom is 0.143 e. The van der Waals surface area contributed by atoms with Crippen LogP contribution in [-0.4, -0.2) is 4.98 Å². The molecule has 0 unspecified atom stereocenters. The molecule has 0 aliphatic carbocycles. The van der Waals surface area contributed by atoms with Crippen molar-refractivity contribution in [3.8, 4) is 0 Å². The van der Waals surface area contributed by atoms with Gasteiger partial charge >= 0.3 is 0 Å². The van der Waals surface area contributed by atoms with E-state index >= 15 is 0 Å². The Kier molecular flexibility index (Phi) is 2.92. The van der Waals surface area contributed by atoms with Crippen molar-refractivity contribution in [1.29, 1.82) is 0 Å². The second-order valence-electron chi connectivity index (χ2n) is 3.22. The monoisotopic (exact) mass is 237 g/mol. The Labute approximate surface area is 97.1 Å². The molecule has 0 atom stereocenters. The number of halogens is 2. The van der Waals surface area contributed by atoms with E-state index in [9.17, 15) is 4.39 Å². The van der Waals surface area contributed by atoms with Crippen LogP contribution >= 0.6 is 11.6 Å². The van der Waals surface area contributed by atoms with Crippen molar-refractivity contribution in [2.24, 2.45) is 0 Å². The van der Waals surface area contributed by atoms with E-state index in [0.717, 1.165) is 5.69 Å². The number of hydrogen-bond donors (Lipinski definition) is 2. The van der Waals surface area contributed by atoms with Gasteiger partial charge in [-0.05, 0) is 24.3 Å². The molecule has 1 aromatic heterocycles. The molecule has 82 valence electrons. The molecule has 2 aromatic rings. The highest BCUT2D eigenvalue weighted by Crippen LogP contribution is 2.22. The fourth-order valence-electron chi connectivity index (χ4n) is 1.27. The third kappa shape index (κ3) is 2.41. The van der Waals surface area contributed by atoms with Crippen LogP contribution in [0.2, 0.25) is 5.02 Å². The smallest absolute Gasteiger partial charge is 0.143 e. The first-order chi connectivity index (χ1) is 7.65. The van der Waals surface area contributed by atoms with E-state index < -0.39 is 5.82 Å². The van der Waals surface area contributed by atoms with Crippen LogP contribution in [0.4, 0.5) is 21.6 Å². The zero-order valence-corrected chi connectivity index (χ0v) is 9.00. The molecular formula is C11H9ClFN3. The summed E-state index contributed by atoms with van der Waals surface area (Å²) in [4.78, 5) is 3.86. The summed E-state index contributed by atoms with van der Waals surface area (Å²) in [7, 11) is 0. The molecule has 0 spiro atoms. The normalized spacial score (nSPS) is 10.1. The predicted octanol–water partition coefficient (Wildman–Crippen LogP) is 3.20. The summed E-state index contributed by atoms with van der Waals surface area (Å²) in [6, 6.07) is 7.89. The quantitative estimate of drug-likeness (QED) is 0.843. The van der Waals surface area contributed by atoms with Gasteiger partial charge in [0.05, 0.1) is 5.02 Å². The molecule has 1 heterocycles. The number of nitrogens with two attached hydrogens (primary N) is 1. The van der Waals surface area contributed by atoms with Gasteiger partial charge in [0.1, 0.15) is 11.6 Å². The van der Waals surface area contributed by atoms with Crippen molar-refractivity contribution in [3.05, 3.63) is 47.4 Å². The summed E-state index contributed by atoms with van der Waals surface area (Å²) in [5, 5.41) is 3.09. The predicted molar refractivity (Wildman–Crippen MR) is 63.3 cm³/mol. The Balaban J connectivity index is 2.24. The Bertz CT molecular complexity index is 516. The van der Waals surface area contributed by atoms with Gasteiger partial charge < -0.3 is 11.1 Å². The van der Waals surface area contributed by atoms with Crippen LogP contribution in [0.15, 0.2) is 36.5 Å². The van der Waals surface area contributed by atoms with Crippen LogP contribution in [-0.2, 0) is 0 Å². The highest BCUT2D eigenvalue weighted by atomic mass is 35.5. The van der Waals surface area contributed by atoms with Gasteiger partial charge in [-0.2, -0.15) is 0 Å². The van der Waals surface area contributed by atoms with E-state index in [0.29, 0.717) is 11.5 Å². The zero-order chi connectivity index (χ0) is 11.5. The average molecular weight is 238 g/mol. The Morgan fingerprint density at radius 3 is 2.62 bits per heavy atom. The number of pyridine rings is 1. The van der Waals surface area contributed by atoms with Crippen molar-refractivity contribution < 1.29 is 4.39 Å². The highest BCUT2D eigenvalue weighted by Gasteiger charge is 2.01. The van der Waals surface area contributed by atoms with Crippen molar-refractivity contribution in [1.82, 2.24) is 4.98 Å². The highest BCUT2D eigenvalue weighted by molar-refractivity contribution is 6.30. The minimum atomic E-state index is -0.464. The summed E-state index contributed by atoms with van der Waals surface area (Å²) in [5.74, 6) is -0.0619. The van der Waals surface area contributed by atoms with Gasteiger partial charge in [0.15, 0.2) is 0 Å². The molecule has 0 aliphatic rings. The van der Waals surface area contributed by atoms with E-state index in [2.05, 4.69) is 10.3 Å².